The smallest absolute Gasteiger partial charge is 0.339 e. The van der Waals surface area contributed by atoms with Gasteiger partial charge in [-0.1, -0.05) is 52.0 Å². The number of hydrogen-bond donors (Lipinski definition) is 3. The van der Waals surface area contributed by atoms with Crippen molar-refractivity contribution in [2.75, 3.05) is 0 Å². The Bertz CT molecular complexity index is 1260. The largest absolute Gasteiger partial charge is 0.507 e. The van der Waals surface area contributed by atoms with E-state index in [0.717, 1.165) is 29.5 Å². The van der Waals surface area contributed by atoms with Crippen LogP contribution in [0.1, 0.15) is 79.3 Å². The molecule has 0 spiro atoms. The summed E-state index contributed by atoms with van der Waals surface area (Å²) >= 11 is 0. The van der Waals surface area contributed by atoms with Crippen molar-refractivity contribution in [3.8, 4) is 16.9 Å². The lowest BCUT2D eigenvalue weighted by Gasteiger charge is -2.43. The lowest BCUT2D eigenvalue weighted by molar-refractivity contribution is 0.0693. The van der Waals surface area contributed by atoms with Gasteiger partial charge in [-0.25, -0.2) is 4.79 Å². The molecular weight excluding hydrogens is 426 g/mol. The molecule has 2 aromatic carbocycles. The van der Waals surface area contributed by atoms with E-state index >= 15 is 0 Å². The lowest BCUT2D eigenvalue weighted by Crippen LogP contribution is -2.34. The molecular formula is C29H31NO4. The summed E-state index contributed by atoms with van der Waals surface area (Å²) in [6, 6.07) is 12.5. The van der Waals surface area contributed by atoms with Gasteiger partial charge in [-0.3, -0.25) is 4.98 Å². The summed E-state index contributed by atoms with van der Waals surface area (Å²) in [7, 11) is 0. The van der Waals surface area contributed by atoms with Gasteiger partial charge in [0.05, 0.1) is 6.10 Å². The maximum atomic E-state index is 11.1. The van der Waals surface area contributed by atoms with E-state index in [1.807, 2.05) is 12.1 Å². The minimum Gasteiger partial charge on any atom is -0.507 e. The van der Waals surface area contributed by atoms with Crippen LogP contribution in [0.15, 0.2) is 60.9 Å². The Kier molecular flexibility index (Phi) is 6.09. The maximum absolute atomic E-state index is 11.1. The molecule has 1 atom stereocenters. The van der Waals surface area contributed by atoms with Gasteiger partial charge >= 0.3 is 5.97 Å². The van der Waals surface area contributed by atoms with Crippen molar-refractivity contribution < 1.29 is 20.1 Å². The Balaban J connectivity index is 1.79. The third-order valence-corrected chi connectivity index (χ3v) is 7.00. The molecule has 1 heterocycles. The van der Waals surface area contributed by atoms with E-state index in [1.54, 1.807) is 30.6 Å². The van der Waals surface area contributed by atoms with E-state index in [2.05, 4.69) is 44.8 Å². The third-order valence-electron chi connectivity index (χ3n) is 7.00. The molecule has 1 aromatic heterocycles. The van der Waals surface area contributed by atoms with Crippen LogP contribution in [0.3, 0.4) is 0 Å². The van der Waals surface area contributed by atoms with Crippen LogP contribution >= 0.6 is 0 Å². The number of aliphatic hydroxyl groups is 1. The fourth-order valence-electron chi connectivity index (χ4n) is 4.89. The Morgan fingerprint density at radius 2 is 1.68 bits per heavy atom. The molecule has 0 fully saturated rings. The topological polar surface area (TPSA) is 90.7 Å². The highest BCUT2D eigenvalue weighted by atomic mass is 16.4. The molecule has 0 aliphatic heterocycles. The number of rotatable bonds is 5. The molecule has 0 bridgehead atoms. The molecule has 0 amide bonds. The average molecular weight is 458 g/mol. The molecule has 3 N–H and O–H groups in total. The maximum Gasteiger partial charge on any atom is 0.339 e. The first kappa shape index (κ1) is 23.7. The van der Waals surface area contributed by atoms with Crippen LogP contribution in [0.5, 0.6) is 5.75 Å². The van der Waals surface area contributed by atoms with Gasteiger partial charge in [0.2, 0.25) is 0 Å². The van der Waals surface area contributed by atoms with Gasteiger partial charge in [-0.2, -0.15) is 0 Å². The van der Waals surface area contributed by atoms with E-state index < -0.39 is 12.1 Å². The molecule has 34 heavy (non-hydrogen) atoms. The lowest BCUT2D eigenvalue weighted by atomic mass is 9.61. The number of carboxylic acid groups (broad SMARTS) is 1. The van der Waals surface area contributed by atoms with Crippen molar-refractivity contribution in [3.63, 3.8) is 0 Å². The number of aromatic carboxylic acids is 1. The number of fused-ring (bicyclic) bond motifs is 1. The van der Waals surface area contributed by atoms with Crippen molar-refractivity contribution in [2.45, 2.75) is 57.5 Å². The highest BCUT2D eigenvalue weighted by molar-refractivity contribution is 5.91. The second-order valence-electron chi connectivity index (χ2n) is 10.4. The summed E-state index contributed by atoms with van der Waals surface area (Å²) in [4.78, 5) is 15.3. The number of phenols is 1. The van der Waals surface area contributed by atoms with Crippen molar-refractivity contribution in [2.24, 2.45) is 0 Å². The van der Waals surface area contributed by atoms with Crippen LogP contribution in [-0.2, 0) is 10.8 Å². The standard InChI is InChI=1S/C29H31NO4/c1-28(2)11-12-29(3,4)26-22(19-9-13-30-14-10-19)16-20(17-23(26)28)24(31)8-6-18-5-7-21(27(33)34)25(32)15-18/h5-10,13-17,24,31-32H,11-12H2,1-4H3,(H,33,34). The molecule has 1 aliphatic rings. The first-order valence-corrected chi connectivity index (χ1v) is 11.5. The summed E-state index contributed by atoms with van der Waals surface area (Å²) < 4.78 is 0. The summed E-state index contributed by atoms with van der Waals surface area (Å²) in [5, 5.41) is 30.2. The number of nitrogens with zero attached hydrogens (tertiary/aromatic N) is 1. The van der Waals surface area contributed by atoms with Crippen LogP contribution in [0.2, 0.25) is 0 Å². The van der Waals surface area contributed by atoms with Gasteiger partial charge < -0.3 is 15.3 Å². The number of aromatic nitrogens is 1. The zero-order valence-corrected chi connectivity index (χ0v) is 20.0. The SMILES string of the molecule is CC1(C)CCC(C)(C)c2c(-c3ccncc3)cc(C(O)C=Cc3ccc(C(=O)O)c(O)c3)cc21. The predicted octanol–water partition coefficient (Wildman–Crippen LogP) is 6.25. The second kappa shape index (κ2) is 8.73. The zero-order valence-electron chi connectivity index (χ0n) is 20.0. The third kappa shape index (κ3) is 4.48. The van der Waals surface area contributed by atoms with E-state index in [1.165, 1.54) is 23.3 Å². The van der Waals surface area contributed by atoms with Gasteiger partial charge in [0.1, 0.15) is 11.3 Å². The normalized spacial score (nSPS) is 17.3. The van der Waals surface area contributed by atoms with Gasteiger partial charge in [0, 0.05) is 12.4 Å². The number of benzene rings is 2. The van der Waals surface area contributed by atoms with Crippen LogP contribution in [0.4, 0.5) is 0 Å². The van der Waals surface area contributed by atoms with Crippen molar-refractivity contribution in [1.82, 2.24) is 4.98 Å². The molecule has 1 aliphatic carbocycles. The van der Waals surface area contributed by atoms with Gasteiger partial charge in [0.15, 0.2) is 0 Å². The Morgan fingerprint density at radius 1 is 1.00 bits per heavy atom. The molecule has 5 heteroatoms. The zero-order chi connectivity index (χ0) is 24.7. The van der Waals surface area contributed by atoms with E-state index in [9.17, 15) is 15.0 Å². The average Bonchev–Trinajstić information content (AvgIpc) is 2.80. The first-order valence-electron chi connectivity index (χ1n) is 11.5. The highest BCUT2D eigenvalue weighted by Gasteiger charge is 2.39. The molecule has 0 saturated carbocycles. The number of aromatic hydroxyl groups is 1. The fraction of sp³-hybridized carbons (Fsp3) is 0.310. The van der Waals surface area contributed by atoms with E-state index in [4.69, 9.17) is 5.11 Å². The van der Waals surface area contributed by atoms with E-state index in [0.29, 0.717) is 5.56 Å². The molecule has 5 nitrogen and oxygen atoms in total. The number of carboxylic acids is 1. The van der Waals surface area contributed by atoms with Crippen LogP contribution < -0.4 is 0 Å². The highest BCUT2D eigenvalue weighted by Crippen LogP contribution is 2.50. The predicted molar refractivity (Wildman–Crippen MR) is 134 cm³/mol. The quantitative estimate of drug-likeness (QED) is 0.421. The van der Waals surface area contributed by atoms with Crippen molar-refractivity contribution >= 4 is 12.0 Å². The number of pyridine rings is 1. The minimum atomic E-state index is -1.18. The Hall–Kier alpha value is -3.44. The first-order chi connectivity index (χ1) is 16.0. The summed E-state index contributed by atoms with van der Waals surface area (Å²) in [5.74, 6) is -1.49. The summed E-state index contributed by atoms with van der Waals surface area (Å²) in [5.41, 5.74) is 5.99. The second-order valence-corrected chi connectivity index (χ2v) is 10.4. The van der Waals surface area contributed by atoms with Crippen LogP contribution in [0, 0.1) is 0 Å². The van der Waals surface area contributed by atoms with Crippen molar-refractivity contribution in [3.05, 3.63) is 88.8 Å². The number of carbonyl (C=O) groups is 1. The molecule has 3 aromatic rings. The molecule has 0 radical (unpaired) electrons. The van der Waals surface area contributed by atoms with Crippen molar-refractivity contribution in [1.29, 1.82) is 0 Å². The van der Waals surface area contributed by atoms with Crippen LogP contribution in [0.25, 0.3) is 17.2 Å². The Labute approximate surface area is 200 Å². The summed E-state index contributed by atoms with van der Waals surface area (Å²) in [6.45, 7) is 9.09. The fourth-order valence-corrected chi connectivity index (χ4v) is 4.89. The number of hydrogen-bond acceptors (Lipinski definition) is 4. The summed E-state index contributed by atoms with van der Waals surface area (Å²) in [6.07, 6.45) is 8.21. The van der Waals surface area contributed by atoms with Crippen LogP contribution in [-0.4, -0.2) is 26.3 Å². The Morgan fingerprint density at radius 3 is 2.32 bits per heavy atom. The molecule has 176 valence electrons. The van der Waals surface area contributed by atoms with E-state index in [-0.39, 0.29) is 22.1 Å². The van der Waals surface area contributed by atoms with Gasteiger partial charge in [-0.15, -0.1) is 0 Å². The monoisotopic (exact) mass is 457 g/mol. The molecule has 1 unspecified atom stereocenters. The molecule has 4 rings (SSSR count). The minimum absolute atomic E-state index is 0.00614. The molecule has 0 saturated heterocycles. The van der Waals surface area contributed by atoms with Gasteiger partial charge in [0.25, 0.3) is 0 Å². The number of aliphatic hydroxyl groups excluding tert-OH is 1. The van der Waals surface area contributed by atoms with Gasteiger partial charge in [-0.05, 0) is 87.4 Å².